The highest BCUT2D eigenvalue weighted by Gasteiger charge is 2.41. The first kappa shape index (κ1) is 62.6. The molecule has 0 N–H and O–H groups in total. The molecule has 0 aliphatic heterocycles. The molecule has 6 heteroatoms. The zero-order valence-corrected chi connectivity index (χ0v) is 56.8. The molecule has 7 aromatic carbocycles. The number of allylic oxidation sites excluding steroid dienone is 1. The summed E-state index contributed by atoms with van der Waals surface area (Å²) in [7, 11) is 15.7. The Labute approximate surface area is 501 Å². The minimum Gasteiger partial charge on any atom is -0.377 e. The average molecular weight is 1130 g/mol. The van der Waals surface area contributed by atoms with Gasteiger partial charge in [0.25, 0.3) is 0 Å². The Morgan fingerprint density at radius 1 is 0.354 bits per heavy atom. The lowest BCUT2D eigenvalue weighted by Crippen LogP contribution is -2.34. The van der Waals surface area contributed by atoms with E-state index in [1.165, 1.54) is 121 Å². The zero-order chi connectivity index (χ0) is 60.1. The van der Waals surface area contributed by atoms with Gasteiger partial charge in [-0.2, -0.15) is 0 Å². The zero-order valence-electron chi connectivity index (χ0n) is 55.0. The van der Waals surface area contributed by atoms with E-state index < -0.39 is 15.8 Å². The van der Waals surface area contributed by atoms with E-state index in [-0.39, 0.29) is 11.6 Å². The van der Waals surface area contributed by atoms with E-state index in [4.69, 9.17) is 0 Å². The fourth-order valence-electron chi connectivity index (χ4n) is 13.5. The fourth-order valence-corrected chi connectivity index (χ4v) is 19.1. The van der Waals surface area contributed by atoms with Crippen LogP contribution in [0.3, 0.4) is 0 Å². The first-order valence-corrected chi connectivity index (χ1v) is 33.7. The van der Waals surface area contributed by atoms with Crippen LogP contribution in [0.25, 0.3) is 16.8 Å². The van der Waals surface area contributed by atoms with Crippen LogP contribution >= 0.6 is 15.8 Å². The van der Waals surface area contributed by atoms with Crippen LogP contribution in [-0.4, -0.2) is 62.0 Å². The summed E-state index contributed by atoms with van der Waals surface area (Å²) in [5, 5.41) is 9.96. The Balaban J connectivity index is 1.62. The molecule has 2 unspecified atom stereocenters. The highest BCUT2D eigenvalue weighted by Crippen LogP contribution is 2.57. The van der Waals surface area contributed by atoms with Gasteiger partial charge in [-0.3, -0.25) is 0 Å². The van der Waals surface area contributed by atoms with Gasteiger partial charge in [-0.1, -0.05) is 184 Å². The van der Waals surface area contributed by atoms with Crippen molar-refractivity contribution in [3.05, 3.63) is 176 Å². The first-order chi connectivity index (χ1) is 38.7. The van der Waals surface area contributed by atoms with Crippen LogP contribution in [-0.2, 0) is 0 Å². The van der Waals surface area contributed by atoms with Crippen molar-refractivity contribution in [2.45, 2.75) is 170 Å². The summed E-state index contributed by atoms with van der Waals surface area (Å²) in [6.45, 7) is 38.5. The topological polar surface area (TPSA) is 13.0 Å². The van der Waals surface area contributed by atoms with Crippen LogP contribution < -0.4 is 46.1 Å². The van der Waals surface area contributed by atoms with Gasteiger partial charge in [0.05, 0.1) is 0 Å². The van der Waals surface area contributed by atoms with Gasteiger partial charge in [-0.05, 0) is 210 Å². The summed E-state index contributed by atoms with van der Waals surface area (Å²) >= 11 is 0. The average Bonchev–Trinajstić information content (AvgIpc) is 3.55. The third-order valence-electron chi connectivity index (χ3n) is 17.4. The van der Waals surface area contributed by atoms with E-state index in [0.29, 0.717) is 47.3 Å². The molecule has 436 valence electrons. The molecule has 0 saturated carbocycles. The van der Waals surface area contributed by atoms with Gasteiger partial charge in [0, 0.05) is 90.7 Å². The number of nitrogens with zero attached hydrogens (tertiary/aromatic N) is 4. The second kappa shape index (κ2) is 25.4. The van der Waals surface area contributed by atoms with E-state index in [2.05, 4.69) is 308 Å². The van der Waals surface area contributed by atoms with Gasteiger partial charge >= 0.3 is 0 Å². The molecule has 7 aromatic rings. The Morgan fingerprint density at radius 3 is 1.01 bits per heavy atom. The predicted octanol–water partition coefficient (Wildman–Crippen LogP) is 18.5. The normalized spacial score (nSPS) is 14.7. The van der Waals surface area contributed by atoms with Crippen LogP contribution in [0, 0.1) is 0 Å². The number of benzene rings is 7. The summed E-state index contributed by atoms with van der Waals surface area (Å²) in [6.07, 6.45) is 5.20. The number of hydrogen-bond donors (Lipinski definition) is 0. The predicted molar refractivity (Wildman–Crippen MR) is 373 cm³/mol. The van der Waals surface area contributed by atoms with Gasteiger partial charge in [-0.25, -0.2) is 0 Å². The number of anilines is 4. The number of hydrogen-bond acceptors (Lipinski definition) is 4. The standard InChI is InChI=1S/C76H102N4P2/c1-45(2)61-37-55(38-62(46(3)4)73(61)77(17)18)81(56-39-63(47(5)6)74(78(19)20)64(40-56)48(7)8)69-35-33-53-29-25-27-31-59(53)71(69)72-60-32-28-26-30-54(60)34-36-70(72)82(57-41-65(49(9)10)75(79(21)22)66(42-57)50(11)12)58-43-67(51(13)14)76(80(23)24)68(44-58)52(15)16/h25-52,69,71H,1-24H3. The highest BCUT2D eigenvalue weighted by atomic mass is 31.1. The molecular weight excluding hydrogens is 1030 g/mol. The number of fused-ring (bicyclic) bond motifs is 2. The molecule has 0 aromatic heterocycles. The highest BCUT2D eigenvalue weighted by molar-refractivity contribution is 7.80. The van der Waals surface area contributed by atoms with Gasteiger partial charge in [-0.15, -0.1) is 0 Å². The first-order valence-electron chi connectivity index (χ1n) is 30.9. The summed E-state index contributed by atoms with van der Waals surface area (Å²) in [5.74, 6) is 2.67. The molecule has 0 radical (unpaired) electrons. The van der Waals surface area contributed by atoms with Crippen molar-refractivity contribution in [1.82, 2.24) is 0 Å². The monoisotopic (exact) mass is 1130 g/mol. The van der Waals surface area contributed by atoms with Crippen molar-refractivity contribution < 1.29 is 0 Å². The van der Waals surface area contributed by atoms with Crippen molar-refractivity contribution in [1.29, 1.82) is 0 Å². The molecule has 1 aliphatic carbocycles. The molecule has 0 saturated heterocycles. The maximum Gasteiger partial charge on any atom is 0.0431 e. The van der Waals surface area contributed by atoms with Crippen molar-refractivity contribution >= 4 is 82.0 Å². The lowest BCUT2D eigenvalue weighted by molar-refractivity contribution is 0.822. The van der Waals surface area contributed by atoms with Gasteiger partial charge in [0.15, 0.2) is 0 Å². The maximum absolute atomic E-state index is 2.69. The summed E-state index contributed by atoms with van der Waals surface area (Å²) < 4.78 is 0. The van der Waals surface area contributed by atoms with E-state index in [9.17, 15) is 0 Å². The van der Waals surface area contributed by atoms with Crippen molar-refractivity contribution in [2.75, 3.05) is 76.0 Å². The van der Waals surface area contributed by atoms with Crippen molar-refractivity contribution in [2.24, 2.45) is 0 Å². The lowest BCUT2D eigenvalue weighted by atomic mass is 9.80. The Bertz CT molecular complexity index is 3170. The summed E-state index contributed by atoms with van der Waals surface area (Å²) in [6, 6.07) is 45.3. The van der Waals surface area contributed by atoms with Gasteiger partial charge in [0.1, 0.15) is 0 Å². The molecule has 0 amide bonds. The van der Waals surface area contributed by atoms with Crippen LogP contribution in [0.2, 0.25) is 0 Å². The molecule has 0 fully saturated rings. The Kier molecular flexibility index (Phi) is 19.4. The largest absolute Gasteiger partial charge is 0.377 e. The molecule has 8 rings (SSSR count). The van der Waals surface area contributed by atoms with Crippen molar-refractivity contribution in [3.63, 3.8) is 0 Å². The summed E-state index contributed by atoms with van der Waals surface area (Å²) in [5.41, 5.74) is 21.3. The molecule has 2 atom stereocenters. The van der Waals surface area contributed by atoms with Crippen LogP contribution in [0.1, 0.15) is 225 Å². The molecule has 0 spiro atoms. The van der Waals surface area contributed by atoms with Crippen LogP contribution in [0.4, 0.5) is 22.7 Å². The Hall–Kier alpha value is -5.40. The van der Waals surface area contributed by atoms with E-state index >= 15 is 0 Å². The molecular formula is C76H102N4P2. The molecule has 0 bridgehead atoms. The molecule has 82 heavy (non-hydrogen) atoms. The minimum absolute atomic E-state index is 0.0147. The smallest absolute Gasteiger partial charge is 0.0431 e. The second-order valence-electron chi connectivity index (χ2n) is 27.1. The summed E-state index contributed by atoms with van der Waals surface area (Å²) in [4.78, 5) is 9.55. The maximum atomic E-state index is 2.69. The molecule has 4 nitrogen and oxygen atoms in total. The third-order valence-corrected chi connectivity index (χ3v) is 22.5. The van der Waals surface area contributed by atoms with Gasteiger partial charge in [0.2, 0.25) is 0 Å². The van der Waals surface area contributed by atoms with E-state index in [1.807, 2.05) is 0 Å². The van der Waals surface area contributed by atoms with Crippen LogP contribution in [0.15, 0.2) is 115 Å². The fraction of sp³-hybridized carbons (Fsp3) is 0.447. The van der Waals surface area contributed by atoms with E-state index in [1.54, 1.807) is 0 Å². The molecule has 1 aliphatic rings. The lowest BCUT2D eigenvalue weighted by Gasteiger charge is -2.40. The van der Waals surface area contributed by atoms with E-state index in [0.717, 1.165) is 0 Å². The SMILES string of the molecule is CC(C)c1cc(P(c2cc(C(C)C)c(N(C)C)c(C(C)C)c2)c2ccc3ccccc3c2C2c3ccccc3C=CC2P(c2cc(C(C)C)c(N(C)C)c(C(C)C)c2)c2cc(C(C)C)c(N(C)C)c(C(C)C)c2)cc(C(C)C)c1N(C)C. The minimum atomic E-state index is -1.17. The second-order valence-corrected chi connectivity index (χ2v) is 31.6. The van der Waals surface area contributed by atoms with Crippen LogP contribution in [0.5, 0.6) is 0 Å². The van der Waals surface area contributed by atoms with Gasteiger partial charge < -0.3 is 19.6 Å². The number of rotatable bonds is 19. The Morgan fingerprint density at radius 2 is 0.671 bits per heavy atom. The quantitative estimate of drug-likeness (QED) is 0.0748. The molecule has 0 heterocycles. The van der Waals surface area contributed by atoms with Crippen molar-refractivity contribution in [3.8, 4) is 0 Å². The third kappa shape index (κ3) is 12.1.